The van der Waals surface area contributed by atoms with Gasteiger partial charge in [-0.2, -0.15) is 0 Å². The number of carbonyl (C=O) groups is 4. The van der Waals surface area contributed by atoms with Crippen LogP contribution in [0.5, 0.6) is 0 Å². The molecule has 1 unspecified atom stereocenters. The SMILES string of the molecule is C=C[C@@H]1C[C@]1(NC(=O)[C@@H]1C[C@@H](C2c3cccc(F)c3CN2C(=O)O)CN1C(=O)[C@@H](Nc1ccc(Br)cc1)C(C)C)C(=O)NS(=O)(=O)C1CC1. The molecule has 2 aliphatic heterocycles. The zero-order chi connectivity index (χ0) is 35.4. The molecular weight excluding hydrogens is 721 g/mol. The van der Waals surface area contributed by atoms with E-state index in [-0.39, 0.29) is 37.4 Å². The van der Waals surface area contributed by atoms with E-state index in [1.807, 2.05) is 26.0 Å². The summed E-state index contributed by atoms with van der Waals surface area (Å²) in [5, 5.41) is 15.5. The van der Waals surface area contributed by atoms with Crippen molar-refractivity contribution < 1.29 is 37.1 Å². The fourth-order valence-electron chi connectivity index (χ4n) is 7.18. The number of carboxylic acid groups (broad SMARTS) is 1. The Hall–Kier alpha value is -3.98. The van der Waals surface area contributed by atoms with Gasteiger partial charge in [-0.05, 0) is 67.5 Å². The Kier molecular flexibility index (Phi) is 9.28. The number of nitrogens with one attached hydrogen (secondary N) is 3. The highest BCUT2D eigenvalue weighted by Crippen LogP contribution is 2.47. The molecule has 4 amide bonds. The van der Waals surface area contributed by atoms with Gasteiger partial charge in [0.2, 0.25) is 21.8 Å². The van der Waals surface area contributed by atoms with E-state index in [1.54, 1.807) is 18.2 Å². The summed E-state index contributed by atoms with van der Waals surface area (Å²) < 4.78 is 43.2. The Balaban J connectivity index is 1.33. The number of benzene rings is 2. The van der Waals surface area contributed by atoms with Gasteiger partial charge in [-0.3, -0.25) is 24.0 Å². The fourth-order valence-corrected chi connectivity index (χ4v) is 8.81. The molecule has 0 spiro atoms. The first-order valence-corrected chi connectivity index (χ1v) is 18.6. The smallest absolute Gasteiger partial charge is 0.408 e. The van der Waals surface area contributed by atoms with Crippen LogP contribution < -0.4 is 15.4 Å². The zero-order valence-corrected chi connectivity index (χ0v) is 29.5. The number of anilines is 1. The molecule has 0 bridgehead atoms. The largest absolute Gasteiger partial charge is 0.465 e. The average Bonchev–Trinajstić information content (AvgIpc) is 3.94. The van der Waals surface area contributed by atoms with Crippen molar-refractivity contribution in [3.63, 3.8) is 0 Å². The molecule has 6 atom stereocenters. The quantitative estimate of drug-likeness (QED) is 0.248. The molecule has 0 radical (unpaired) electrons. The van der Waals surface area contributed by atoms with Gasteiger partial charge in [0, 0.05) is 34.1 Å². The van der Waals surface area contributed by atoms with Crippen LogP contribution >= 0.6 is 15.9 Å². The number of hydrogen-bond donors (Lipinski definition) is 4. The Morgan fingerprint density at radius 3 is 2.39 bits per heavy atom. The van der Waals surface area contributed by atoms with Crippen LogP contribution in [-0.2, 0) is 31.0 Å². The van der Waals surface area contributed by atoms with Crippen LogP contribution in [0.15, 0.2) is 59.6 Å². The summed E-state index contributed by atoms with van der Waals surface area (Å²) in [5.74, 6) is -3.87. The Bertz CT molecular complexity index is 1800. The normalized spacial score (nSPS) is 26.6. The third kappa shape index (κ3) is 6.66. The maximum absolute atomic E-state index is 14.9. The Labute approximate surface area is 292 Å². The highest BCUT2D eigenvalue weighted by molar-refractivity contribution is 9.10. The number of halogens is 2. The predicted octanol–water partition coefficient (Wildman–Crippen LogP) is 4.15. The van der Waals surface area contributed by atoms with E-state index < -0.39 is 80.4 Å². The van der Waals surface area contributed by atoms with Crippen LogP contribution in [0.1, 0.15) is 56.7 Å². The number of carbonyl (C=O) groups excluding carboxylic acids is 3. The van der Waals surface area contributed by atoms with Gasteiger partial charge in [0.1, 0.15) is 23.4 Å². The minimum Gasteiger partial charge on any atom is -0.465 e. The van der Waals surface area contributed by atoms with Gasteiger partial charge in [0.05, 0.1) is 17.8 Å². The molecule has 4 N–H and O–H groups in total. The van der Waals surface area contributed by atoms with E-state index in [2.05, 4.69) is 37.9 Å². The van der Waals surface area contributed by atoms with Crippen LogP contribution in [0, 0.1) is 23.6 Å². The first kappa shape index (κ1) is 34.9. The van der Waals surface area contributed by atoms with Gasteiger partial charge in [-0.25, -0.2) is 17.6 Å². The molecule has 6 rings (SSSR count). The highest BCUT2D eigenvalue weighted by Gasteiger charge is 2.62. The van der Waals surface area contributed by atoms with E-state index in [9.17, 15) is 37.1 Å². The van der Waals surface area contributed by atoms with Crippen LogP contribution in [0.3, 0.4) is 0 Å². The van der Waals surface area contributed by atoms with Gasteiger partial charge in [-0.15, -0.1) is 6.58 Å². The highest BCUT2D eigenvalue weighted by atomic mass is 79.9. The lowest BCUT2D eigenvalue weighted by Gasteiger charge is -2.32. The molecule has 2 heterocycles. The second kappa shape index (κ2) is 13.0. The summed E-state index contributed by atoms with van der Waals surface area (Å²) in [6, 6.07) is 8.92. The first-order chi connectivity index (χ1) is 23.2. The fraction of sp³-hybridized carbons (Fsp3) is 0.471. The monoisotopic (exact) mass is 759 g/mol. The van der Waals surface area contributed by atoms with Gasteiger partial charge in [0.25, 0.3) is 5.91 Å². The number of rotatable bonds is 11. The lowest BCUT2D eigenvalue weighted by Crippen LogP contribution is -2.58. The Morgan fingerprint density at radius 1 is 1.10 bits per heavy atom. The molecule has 3 fully saturated rings. The summed E-state index contributed by atoms with van der Waals surface area (Å²) in [6.45, 7) is 7.27. The van der Waals surface area contributed by atoms with Gasteiger partial charge in [0.15, 0.2) is 0 Å². The van der Waals surface area contributed by atoms with Crippen LogP contribution in [0.4, 0.5) is 14.9 Å². The van der Waals surface area contributed by atoms with Crippen molar-refractivity contribution in [2.45, 2.75) is 75.0 Å². The number of fused-ring (bicyclic) bond motifs is 1. The van der Waals surface area contributed by atoms with Gasteiger partial charge in [-0.1, -0.05) is 48.0 Å². The molecule has 15 heteroatoms. The Morgan fingerprint density at radius 2 is 1.80 bits per heavy atom. The van der Waals surface area contributed by atoms with E-state index in [0.717, 1.165) is 9.37 Å². The number of nitrogens with zero attached hydrogens (tertiary/aromatic N) is 2. The third-order valence-electron chi connectivity index (χ3n) is 10.1. The molecule has 2 saturated carbocycles. The average molecular weight is 761 g/mol. The van der Waals surface area contributed by atoms with E-state index in [0.29, 0.717) is 24.1 Å². The number of amides is 4. The molecule has 12 nitrogen and oxygen atoms in total. The third-order valence-corrected chi connectivity index (χ3v) is 12.4. The van der Waals surface area contributed by atoms with Crippen molar-refractivity contribution in [2.24, 2.45) is 17.8 Å². The zero-order valence-electron chi connectivity index (χ0n) is 27.1. The predicted molar refractivity (Wildman–Crippen MR) is 182 cm³/mol. The standard InChI is InChI=1S/C34H39BrFN5O7S/c1-4-20-15-34(20,32(44)39-49(47,48)23-12-13-23)38-30(42)27-14-19(29-24-6-5-7-26(36)25(24)17-41(29)33(45)46)16-40(27)31(43)28(18(2)3)37-22-10-8-21(35)9-11-22/h4-11,18-20,23,27-29,37H,1,12-17H2,2-3H3,(H,38,42)(H,39,44)(H,45,46)/t19-,20-,27+,28+,29?,34-/m1/s1. The van der Waals surface area contributed by atoms with Crippen molar-refractivity contribution in [2.75, 3.05) is 11.9 Å². The number of sulfonamides is 1. The molecule has 1 saturated heterocycles. The first-order valence-electron chi connectivity index (χ1n) is 16.3. The molecule has 0 aromatic heterocycles. The van der Waals surface area contributed by atoms with E-state index in [1.165, 1.54) is 23.1 Å². The molecule has 4 aliphatic rings. The van der Waals surface area contributed by atoms with E-state index >= 15 is 0 Å². The number of likely N-dealkylation sites (tertiary alicyclic amines) is 1. The van der Waals surface area contributed by atoms with E-state index in [4.69, 9.17) is 0 Å². The maximum Gasteiger partial charge on any atom is 0.408 e. The van der Waals surface area contributed by atoms with Crippen LogP contribution in [0.25, 0.3) is 0 Å². The lowest BCUT2D eigenvalue weighted by molar-refractivity contribution is -0.140. The molecular formula is C34H39BrFN5O7S. The topological polar surface area (TPSA) is 165 Å². The summed E-state index contributed by atoms with van der Waals surface area (Å²) in [5.41, 5.74) is -0.179. The summed E-state index contributed by atoms with van der Waals surface area (Å²) in [4.78, 5) is 57.2. The summed E-state index contributed by atoms with van der Waals surface area (Å²) in [6.07, 6.45) is 1.25. The van der Waals surface area contributed by atoms with Crippen LogP contribution in [-0.4, -0.2) is 76.6 Å². The molecule has 2 aromatic carbocycles. The van der Waals surface area contributed by atoms with Crippen molar-refractivity contribution >= 4 is 55.5 Å². The van der Waals surface area contributed by atoms with Crippen molar-refractivity contribution in [1.82, 2.24) is 19.8 Å². The number of hydrogen-bond acceptors (Lipinski definition) is 7. The summed E-state index contributed by atoms with van der Waals surface area (Å²) >= 11 is 3.41. The molecule has 2 aliphatic carbocycles. The summed E-state index contributed by atoms with van der Waals surface area (Å²) in [7, 11) is -3.91. The second-order valence-electron chi connectivity index (χ2n) is 13.7. The minimum atomic E-state index is -3.91. The van der Waals surface area contributed by atoms with Crippen molar-refractivity contribution in [3.05, 3.63) is 76.5 Å². The molecule has 262 valence electrons. The lowest BCUT2D eigenvalue weighted by atomic mass is 9.90. The van der Waals surface area contributed by atoms with Crippen molar-refractivity contribution in [3.8, 4) is 0 Å². The van der Waals surface area contributed by atoms with Gasteiger partial charge < -0.3 is 20.6 Å². The van der Waals surface area contributed by atoms with Gasteiger partial charge >= 0.3 is 6.09 Å². The molecule has 2 aromatic rings. The second-order valence-corrected chi connectivity index (χ2v) is 16.6. The molecule has 49 heavy (non-hydrogen) atoms. The van der Waals surface area contributed by atoms with Crippen LogP contribution in [0.2, 0.25) is 0 Å². The maximum atomic E-state index is 14.9. The minimum absolute atomic E-state index is 0.0158. The van der Waals surface area contributed by atoms with Crippen molar-refractivity contribution in [1.29, 1.82) is 0 Å².